The van der Waals surface area contributed by atoms with Gasteiger partial charge in [-0.2, -0.15) is 0 Å². The van der Waals surface area contributed by atoms with Crippen molar-refractivity contribution in [3.8, 4) is 0 Å². The van der Waals surface area contributed by atoms with Crippen molar-refractivity contribution < 1.29 is 4.79 Å². The molecule has 0 atom stereocenters. The molecular weight excluding hydrogens is 184 g/mol. The highest BCUT2D eigenvalue weighted by atomic mass is 16.1. The van der Waals surface area contributed by atoms with Crippen molar-refractivity contribution in [1.82, 2.24) is 0 Å². The molecular formula is C14H24O. The Morgan fingerprint density at radius 3 is 2.67 bits per heavy atom. The molecule has 0 aromatic rings. The predicted octanol–water partition coefficient (Wildman–Crippen LogP) is 4.27. The summed E-state index contributed by atoms with van der Waals surface area (Å²) >= 11 is 0. The van der Waals surface area contributed by atoms with Crippen LogP contribution in [-0.2, 0) is 4.79 Å². The standard InChI is InChI=1S/C14H24O/c1-12(15)14(2,3)11-7-10-13-8-5-4-6-9-13/h8H,4-7,9-11H2,1-3H3. The Morgan fingerprint density at radius 1 is 1.40 bits per heavy atom. The molecule has 0 aliphatic heterocycles. The van der Waals surface area contributed by atoms with Gasteiger partial charge in [0.25, 0.3) is 0 Å². The van der Waals surface area contributed by atoms with E-state index >= 15 is 0 Å². The topological polar surface area (TPSA) is 17.1 Å². The van der Waals surface area contributed by atoms with Gasteiger partial charge >= 0.3 is 0 Å². The van der Waals surface area contributed by atoms with Gasteiger partial charge in [0, 0.05) is 5.41 Å². The van der Waals surface area contributed by atoms with Crippen LogP contribution < -0.4 is 0 Å². The first-order valence-electron chi connectivity index (χ1n) is 6.21. The predicted molar refractivity (Wildman–Crippen MR) is 64.9 cm³/mol. The number of hydrogen-bond acceptors (Lipinski definition) is 1. The molecule has 0 bridgehead atoms. The molecule has 1 heteroatoms. The van der Waals surface area contributed by atoms with E-state index in [9.17, 15) is 4.79 Å². The molecule has 86 valence electrons. The normalized spacial score (nSPS) is 17.4. The molecule has 0 fully saturated rings. The van der Waals surface area contributed by atoms with Crippen LogP contribution in [-0.4, -0.2) is 5.78 Å². The highest BCUT2D eigenvalue weighted by molar-refractivity contribution is 5.81. The van der Waals surface area contributed by atoms with E-state index in [1.807, 2.05) is 0 Å². The number of hydrogen-bond donors (Lipinski definition) is 0. The van der Waals surface area contributed by atoms with E-state index in [-0.39, 0.29) is 5.41 Å². The van der Waals surface area contributed by atoms with E-state index in [1.165, 1.54) is 38.5 Å². The second-order valence-corrected chi connectivity index (χ2v) is 5.40. The number of carbonyl (C=O) groups excluding carboxylic acids is 1. The smallest absolute Gasteiger partial charge is 0.135 e. The van der Waals surface area contributed by atoms with Gasteiger partial charge in [0.15, 0.2) is 0 Å². The van der Waals surface area contributed by atoms with Gasteiger partial charge in [-0.05, 0) is 51.9 Å². The second-order valence-electron chi connectivity index (χ2n) is 5.40. The summed E-state index contributed by atoms with van der Waals surface area (Å²) < 4.78 is 0. The number of ketones is 1. The first-order chi connectivity index (χ1) is 7.02. The van der Waals surface area contributed by atoms with Gasteiger partial charge in [-0.3, -0.25) is 4.79 Å². The minimum Gasteiger partial charge on any atom is -0.299 e. The molecule has 0 saturated carbocycles. The highest BCUT2D eigenvalue weighted by Crippen LogP contribution is 2.28. The van der Waals surface area contributed by atoms with E-state index in [2.05, 4.69) is 19.9 Å². The monoisotopic (exact) mass is 208 g/mol. The Morgan fingerprint density at radius 2 is 2.13 bits per heavy atom. The summed E-state index contributed by atoms with van der Waals surface area (Å²) in [5.74, 6) is 0.320. The maximum atomic E-state index is 11.3. The summed E-state index contributed by atoms with van der Waals surface area (Å²) in [5, 5.41) is 0. The molecule has 0 amide bonds. The van der Waals surface area contributed by atoms with Gasteiger partial charge in [0.2, 0.25) is 0 Å². The fraction of sp³-hybridized carbons (Fsp3) is 0.786. The van der Waals surface area contributed by atoms with Crippen molar-refractivity contribution >= 4 is 5.78 Å². The van der Waals surface area contributed by atoms with Crippen molar-refractivity contribution in [3.63, 3.8) is 0 Å². The number of Topliss-reactive ketones (excluding diaryl/α,β-unsaturated/α-hetero) is 1. The lowest BCUT2D eigenvalue weighted by molar-refractivity contribution is -0.125. The molecule has 0 N–H and O–H groups in total. The van der Waals surface area contributed by atoms with Crippen LogP contribution in [0.5, 0.6) is 0 Å². The SMILES string of the molecule is CC(=O)C(C)(C)CCCC1=CCCCC1. The van der Waals surface area contributed by atoms with Crippen molar-refractivity contribution in [2.24, 2.45) is 5.41 Å². The van der Waals surface area contributed by atoms with Crippen LogP contribution in [0, 0.1) is 5.41 Å². The molecule has 15 heavy (non-hydrogen) atoms. The first kappa shape index (κ1) is 12.5. The summed E-state index contributed by atoms with van der Waals surface area (Å²) in [5.41, 5.74) is 1.51. The molecule has 0 heterocycles. The number of allylic oxidation sites excluding steroid dienone is 2. The number of carbonyl (C=O) groups is 1. The van der Waals surface area contributed by atoms with E-state index in [0.29, 0.717) is 5.78 Å². The molecule has 1 nitrogen and oxygen atoms in total. The molecule has 0 aromatic carbocycles. The number of rotatable bonds is 5. The lowest BCUT2D eigenvalue weighted by atomic mass is 9.82. The second kappa shape index (κ2) is 5.48. The first-order valence-corrected chi connectivity index (χ1v) is 6.21. The van der Waals surface area contributed by atoms with Crippen LogP contribution >= 0.6 is 0 Å². The molecule has 0 saturated heterocycles. The van der Waals surface area contributed by atoms with E-state index in [0.717, 1.165) is 6.42 Å². The Kier molecular flexibility index (Phi) is 4.56. The summed E-state index contributed by atoms with van der Waals surface area (Å²) in [4.78, 5) is 11.3. The fourth-order valence-electron chi connectivity index (χ4n) is 2.07. The van der Waals surface area contributed by atoms with Crippen LogP contribution in [0.15, 0.2) is 11.6 Å². The van der Waals surface area contributed by atoms with Gasteiger partial charge < -0.3 is 0 Å². The van der Waals surface area contributed by atoms with Crippen molar-refractivity contribution in [2.75, 3.05) is 0 Å². The van der Waals surface area contributed by atoms with Crippen molar-refractivity contribution in [2.45, 2.75) is 65.7 Å². The fourth-order valence-corrected chi connectivity index (χ4v) is 2.07. The van der Waals surface area contributed by atoms with Crippen LogP contribution in [0.3, 0.4) is 0 Å². The van der Waals surface area contributed by atoms with E-state index in [4.69, 9.17) is 0 Å². The van der Waals surface area contributed by atoms with Gasteiger partial charge in [-0.25, -0.2) is 0 Å². The lowest BCUT2D eigenvalue weighted by Gasteiger charge is -2.21. The molecule has 0 spiro atoms. The summed E-state index contributed by atoms with van der Waals surface area (Å²) in [7, 11) is 0. The maximum absolute atomic E-state index is 11.3. The zero-order valence-corrected chi connectivity index (χ0v) is 10.4. The largest absolute Gasteiger partial charge is 0.299 e. The van der Waals surface area contributed by atoms with Gasteiger partial charge in [-0.15, -0.1) is 0 Å². The van der Waals surface area contributed by atoms with Gasteiger partial charge in [0.1, 0.15) is 5.78 Å². The molecule has 1 rings (SSSR count). The Labute approximate surface area is 93.9 Å². The van der Waals surface area contributed by atoms with Crippen molar-refractivity contribution in [1.29, 1.82) is 0 Å². The molecule has 0 aromatic heterocycles. The summed E-state index contributed by atoms with van der Waals surface area (Å²) in [6, 6.07) is 0. The third-order valence-electron chi connectivity index (χ3n) is 3.64. The molecule has 0 unspecified atom stereocenters. The van der Waals surface area contributed by atoms with Gasteiger partial charge in [-0.1, -0.05) is 25.5 Å². The minimum absolute atomic E-state index is 0.116. The van der Waals surface area contributed by atoms with Crippen LogP contribution in [0.25, 0.3) is 0 Å². The average molecular weight is 208 g/mol. The highest BCUT2D eigenvalue weighted by Gasteiger charge is 2.22. The summed E-state index contributed by atoms with van der Waals surface area (Å²) in [6.45, 7) is 5.83. The third-order valence-corrected chi connectivity index (χ3v) is 3.64. The van der Waals surface area contributed by atoms with Crippen LogP contribution in [0.2, 0.25) is 0 Å². The molecule has 1 aliphatic rings. The zero-order chi connectivity index (χ0) is 11.3. The quantitative estimate of drug-likeness (QED) is 0.616. The summed E-state index contributed by atoms with van der Waals surface area (Å²) in [6.07, 6.45) is 11.1. The Balaban J connectivity index is 2.26. The Bertz CT molecular complexity index is 248. The lowest BCUT2D eigenvalue weighted by Crippen LogP contribution is -2.21. The van der Waals surface area contributed by atoms with Crippen molar-refractivity contribution in [3.05, 3.63) is 11.6 Å². The average Bonchev–Trinajstić information content (AvgIpc) is 2.19. The minimum atomic E-state index is -0.116. The molecule has 0 radical (unpaired) electrons. The van der Waals surface area contributed by atoms with Crippen LogP contribution in [0.4, 0.5) is 0 Å². The molecule has 1 aliphatic carbocycles. The maximum Gasteiger partial charge on any atom is 0.135 e. The van der Waals surface area contributed by atoms with E-state index in [1.54, 1.807) is 12.5 Å². The van der Waals surface area contributed by atoms with E-state index < -0.39 is 0 Å². The van der Waals surface area contributed by atoms with Crippen LogP contribution in [0.1, 0.15) is 65.7 Å². The Hall–Kier alpha value is -0.590. The van der Waals surface area contributed by atoms with Gasteiger partial charge in [0.05, 0.1) is 0 Å². The zero-order valence-electron chi connectivity index (χ0n) is 10.4. The third kappa shape index (κ3) is 4.19.